The van der Waals surface area contributed by atoms with Crippen LogP contribution in [0.1, 0.15) is 63.4 Å². The van der Waals surface area contributed by atoms with Gasteiger partial charge in [0.1, 0.15) is 6.04 Å². The lowest BCUT2D eigenvalue weighted by Crippen LogP contribution is -2.51. The highest BCUT2D eigenvalue weighted by atomic mass is 32.2. The van der Waals surface area contributed by atoms with Gasteiger partial charge in [-0.05, 0) is 60.7 Å². The van der Waals surface area contributed by atoms with Crippen LogP contribution in [0, 0.1) is 5.92 Å². The zero-order valence-electron chi connectivity index (χ0n) is 23.1. The second kappa shape index (κ2) is 15.9. The van der Waals surface area contributed by atoms with Crippen molar-refractivity contribution in [3.8, 4) is 0 Å². The van der Waals surface area contributed by atoms with Crippen LogP contribution < -0.4 is 5.32 Å². The molecule has 0 saturated carbocycles. The zero-order chi connectivity index (χ0) is 28.4. The molecule has 1 fully saturated rings. The van der Waals surface area contributed by atoms with Gasteiger partial charge in [0.15, 0.2) is 0 Å². The topological polar surface area (TPSA) is 116 Å². The lowest BCUT2D eigenvalue weighted by Gasteiger charge is -2.33. The van der Waals surface area contributed by atoms with Crippen LogP contribution in [-0.4, -0.2) is 80.0 Å². The number of hydrogen-bond acceptors (Lipinski definition) is 6. The quantitative estimate of drug-likeness (QED) is 0.313. The second-order valence-electron chi connectivity index (χ2n) is 10.2. The van der Waals surface area contributed by atoms with E-state index in [0.29, 0.717) is 44.1 Å². The molecule has 2 aromatic rings. The van der Waals surface area contributed by atoms with Crippen molar-refractivity contribution in [1.82, 2.24) is 9.21 Å². The number of aryl methyl sites for hydroxylation is 1. The molecule has 0 bridgehead atoms. The van der Waals surface area contributed by atoms with E-state index in [9.17, 15) is 23.1 Å². The Morgan fingerprint density at radius 3 is 2.20 bits per heavy atom. The van der Waals surface area contributed by atoms with E-state index in [0.717, 1.165) is 23.6 Å². The van der Waals surface area contributed by atoms with Crippen molar-refractivity contribution in [2.45, 2.75) is 64.8 Å². The molecule has 1 heterocycles. The summed E-state index contributed by atoms with van der Waals surface area (Å²) in [5.74, 6) is -1.90. The number of nitrogens with one attached hydrogen (secondary N) is 1. The number of amides is 1. The lowest BCUT2D eigenvalue weighted by molar-refractivity contribution is -0.143. The van der Waals surface area contributed by atoms with Crippen molar-refractivity contribution in [3.05, 3.63) is 59.7 Å². The highest BCUT2D eigenvalue weighted by Crippen LogP contribution is 2.24. The Morgan fingerprint density at radius 2 is 1.65 bits per heavy atom. The summed E-state index contributed by atoms with van der Waals surface area (Å²) in [4.78, 5) is 26.9. The number of ether oxygens (including phenoxy) is 1. The number of carboxylic acid groups (broad SMARTS) is 1. The molecule has 1 saturated heterocycles. The standard InChI is InChI=1S/C29H41N3O6S.CH4/c1-4-5-6-7-23-8-10-24(11-9-23)28(33)30-25-12-14-26(15-13-25)39(36,37)32(27(22(2)3)29(34)35)17-16-31-18-20-38-21-19-31;/h8-15,22,27H,4-7,16-21H2,1-3H3,(H,30,33)(H,34,35);1H4/t27-;/m1./s1. The highest BCUT2D eigenvalue weighted by molar-refractivity contribution is 7.89. The average molecular weight is 576 g/mol. The van der Waals surface area contributed by atoms with E-state index in [1.54, 1.807) is 26.0 Å². The van der Waals surface area contributed by atoms with E-state index >= 15 is 0 Å². The first-order chi connectivity index (χ1) is 18.6. The minimum Gasteiger partial charge on any atom is -0.480 e. The van der Waals surface area contributed by atoms with E-state index in [2.05, 4.69) is 17.1 Å². The number of carboxylic acids is 1. The number of carbonyl (C=O) groups is 2. The fourth-order valence-electron chi connectivity index (χ4n) is 4.67. The first-order valence-corrected chi connectivity index (χ1v) is 15.1. The van der Waals surface area contributed by atoms with Crippen molar-refractivity contribution in [1.29, 1.82) is 0 Å². The molecule has 1 amide bonds. The highest BCUT2D eigenvalue weighted by Gasteiger charge is 2.38. The van der Waals surface area contributed by atoms with Crippen molar-refractivity contribution < 1.29 is 27.9 Å². The van der Waals surface area contributed by atoms with E-state index in [1.165, 1.54) is 36.2 Å². The number of nitrogens with zero attached hydrogens (tertiary/aromatic N) is 2. The molecule has 10 heteroatoms. The molecule has 0 radical (unpaired) electrons. The molecule has 3 rings (SSSR count). The summed E-state index contributed by atoms with van der Waals surface area (Å²) >= 11 is 0. The van der Waals surface area contributed by atoms with Gasteiger partial charge in [0, 0.05) is 37.4 Å². The molecule has 222 valence electrons. The second-order valence-corrected chi connectivity index (χ2v) is 12.1. The Morgan fingerprint density at radius 1 is 1.02 bits per heavy atom. The smallest absolute Gasteiger partial charge is 0.322 e. The van der Waals surface area contributed by atoms with Gasteiger partial charge in [-0.15, -0.1) is 0 Å². The van der Waals surface area contributed by atoms with Crippen molar-refractivity contribution in [2.24, 2.45) is 5.92 Å². The summed E-state index contributed by atoms with van der Waals surface area (Å²) in [6.45, 7) is 8.49. The molecular formula is C30H45N3O6S. The molecule has 0 spiro atoms. The van der Waals surface area contributed by atoms with E-state index in [-0.39, 0.29) is 24.8 Å². The maximum atomic E-state index is 13.7. The molecule has 1 aliphatic rings. The van der Waals surface area contributed by atoms with Crippen LogP contribution in [-0.2, 0) is 26.0 Å². The van der Waals surface area contributed by atoms with E-state index in [4.69, 9.17) is 4.74 Å². The Kier molecular flexibility index (Phi) is 13.2. The van der Waals surface area contributed by atoms with Gasteiger partial charge >= 0.3 is 5.97 Å². The zero-order valence-corrected chi connectivity index (χ0v) is 24.0. The number of rotatable bonds is 14. The number of benzene rings is 2. The van der Waals surface area contributed by atoms with E-state index in [1.807, 2.05) is 12.1 Å². The predicted molar refractivity (Wildman–Crippen MR) is 158 cm³/mol. The number of aliphatic carboxylic acids is 1. The maximum absolute atomic E-state index is 13.7. The van der Waals surface area contributed by atoms with Crippen molar-refractivity contribution >= 4 is 27.6 Å². The summed E-state index contributed by atoms with van der Waals surface area (Å²) in [6, 6.07) is 12.1. The Labute approximate surface area is 239 Å². The third-order valence-electron chi connectivity index (χ3n) is 6.94. The van der Waals surface area contributed by atoms with Crippen LogP contribution in [0.2, 0.25) is 0 Å². The Balaban J connectivity index is 0.00000560. The van der Waals surface area contributed by atoms with Crippen LogP contribution >= 0.6 is 0 Å². The first kappa shape index (κ1) is 33.4. The molecule has 2 N–H and O–H groups in total. The molecule has 1 aliphatic heterocycles. The molecule has 0 aromatic heterocycles. The summed E-state index contributed by atoms with van der Waals surface area (Å²) in [5, 5.41) is 12.7. The molecule has 40 heavy (non-hydrogen) atoms. The van der Waals surface area contributed by atoms with Crippen LogP contribution in [0.5, 0.6) is 0 Å². The van der Waals surface area contributed by atoms with Crippen molar-refractivity contribution in [2.75, 3.05) is 44.7 Å². The molecular weight excluding hydrogens is 530 g/mol. The fourth-order valence-corrected chi connectivity index (χ4v) is 6.37. The third kappa shape index (κ3) is 9.12. The third-order valence-corrected chi connectivity index (χ3v) is 8.83. The van der Waals surface area contributed by atoms with Gasteiger partial charge in [0.25, 0.3) is 5.91 Å². The first-order valence-electron chi connectivity index (χ1n) is 13.7. The molecule has 0 aliphatic carbocycles. The summed E-state index contributed by atoms with van der Waals surface area (Å²) in [7, 11) is -4.12. The number of sulfonamides is 1. The van der Waals surface area contributed by atoms with Gasteiger partial charge in [-0.25, -0.2) is 8.42 Å². The van der Waals surface area contributed by atoms with Gasteiger partial charge in [-0.3, -0.25) is 14.5 Å². The van der Waals surface area contributed by atoms with E-state index < -0.39 is 28.0 Å². The van der Waals surface area contributed by atoms with Crippen LogP contribution in [0.4, 0.5) is 5.69 Å². The van der Waals surface area contributed by atoms with Crippen LogP contribution in [0.25, 0.3) is 0 Å². The minimum absolute atomic E-state index is 0. The molecule has 9 nitrogen and oxygen atoms in total. The van der Waals surface area contributed by atoms with Gasteiger partial charge in [0.2, 0.25) is 10.0 Å². The number of unbranched alkanes of at least 4 members (excludes halogenated alkanes) is 2. The van der Waals surface area contributed by atoms with Crippen molar-refractivity contribution in [3.63, 3.8) is 0 Å². The van der Waals surface area contributed by atoms with Gasteiger partial charge < -0.3 is 15.2 Å². The SMILES string of the molecule is C.CCCCCc1ccc(C(=O)Nc2ccc(S(=O)(=O)N(CCN3CCOCC3)[C@@H](C(=O)O)C(C)C)cc2)cc1. The predicted octanol–water partition coefficient (Wildman–Crippen LogP) is 4.74. The summed E-state index contributed by atoms with van der Waals surface area (Å²) < 4.78 is 33.8. The lowest BCUT2D eigenvalue weighted by atomic mass is 10.0. The summed E-state index contributed by atoms with van der Waals surface area (Å²) in [5.41, 5.74) is 2.15. The molecule has 2 aromatic carbocycles. The fraction of sp³-hybridized carbons (Fsp3) is 0.533. The van der Waals surface area contributed by atoms with Gasteiger partial charge in [-0.1, -0.05) is 53.2 Å². The molecule has 1 atom stereocenters. The van der Waals surface area contributed by atoms with Crippen LogP contribution in [0.3, 0.4) is 0 Å². The monoisotopic (exact) mass is 575 g/mol. The number of anilines is 1. The average Bonchev–Trinajstić information content (AvgIpc) is 2.91. The number of morpholine rings is 1. The maximum Gasteiger partial charge on any atom is 0.322 e. The number of carbonyl (C=O) groups excluding carboxylic acids is 1. The van der Waals surface area contributed by atoms with Gasteiger partial charge in [0.05, 0.1) is 18.1 Å². The Bertz CT molecular complexity index is 1180. The molecule has 0 unspecified atom stereocenters. The van der Waals surface area contributed by atoms with Gasteiger partial charge in [-0.2, -0.15) is 4.31 Å². The summed E-state index contributed by atoms with van der Waals surface area (Å²) in [6.07, 6.45) is 4.43. The number of hydrogen-bond donors (Lipinski definition) is 2. The minimum atomic E-state index is -4.12. The van der Waals surface area contributed by atoms with Crippen LogP contribution in [0.15, 0.2) is 53.4 Å². The largest absolute Gasteiger partial charge is 0.480 e. The normalized spacial score (nSPS) is 15.0. The Hall–Kier alpha value is -2.79.